The van der Waals surface area contributed by atoms with E-state index in [0.29, 0.717) is 23.6 Å². The first-order valence-electron chi connectivity index (χ1n) is 10.4. The summed E-state index contributed by atoms with van der Waals surface area (Å²) in [6, 6.07) is 12.9. The highest BCUT2D eigenvalue weighted by Gasteiger charge is 2.43. The van der Waals surface area contributed by atoms with Gasteiger partial charge in [-0.05, 0) is 48.2 Å². The van der Waals surface area contributed by atoms with Gasteiger partial charge in [0, 0.05) is 5.02 Å². The van der Waals surface area contributed by atoms with E-state index in [4.69, 9.17) is 31.0 Å². The molecule has 0 spiro atoms. The molecule has 3 rings (SSSR count). The van der Waals surface area contributed by atoms with Crippen molar-refractivity contribution in [2.24, 2.45) is 5.16 Å². The van der Waals surface area contributed by atoms with Gasteiger partial charge in [-0.1, -0.05) is 41.0 Å². The summed E-state index contributed by atoms with van der Waals surface area (Å²) < 4.78 is 11.3. The number of rotatable bonds is 9. The minimum atomic E-state index is -1.45. The van der Waals surface area contributed by atoms with Crippen LogP contribution in [0.15, 0.2) is 47.6 Å². The van der Waals surface area contributed by atoms with Gasteiger partial charge in [-0.25, -0.2) is 0 Å². The number of benzene rings is 2. The van der Waals surface area contributed by atoms with Crippen LogP contribution in [0.3, 0.4) is 0 Å². The molecule has 2 aromatic carbocycles. The van der Waals surface area contributed by atoms with Crippen molar-refractivity contribution >= 4 is 17.8 Å². The fraction of sp³-hybridized carbons (Fsp3) is 0.435. The zero-order chi connectivity index (χ0) is 23.1. The van der Waals surface area contributed by atoms with E-state index in [2.05, 4.69) is 5.16 Å². The first-order valence-corrected chi connectivity index (χ1v) is 10.8. The van der Waals surface area contributed by atoms with E-state index < -0.39 is 30.5 Å². The molecule has 4 N–H and O–H groups in total. The van der Waals surface area contributed by atoms with Crippen LogP contribution in [-0.4, -0.2) is 70.9 Å². The third-order valence-electron chi connectivity index (χ3n) is 5.14. The molecule has 0 radical (unpaired) electrons. The molecular formula is C23H28ClNO7. The van der Waals surface area contributed by atoms with Crippen molar-refractivity contribution in [1.82, 2.24) is 0 Å². The Morgan fingerprint density at radius 1 is 1.06 bits per heavy atom. The summed E-state index contributed by atoms with van der Waals surface area (Å²) in [4.78, 5) is 4.82. The number of nitrogens with zero attached hydrogens (tertiary/aromatic N) is 1. The fourth-order valence-electron chi connectivity index (χ4n) is 3.50. The summed E-state index contributed by atoms with van der Waals surface area (Å²) in [7, 11) is 0. The Morgan fingerprint density at radius 2 is 1.81 bits per heavy atom. The maximum Gasteiger partial charge on any atom is 0.140 e. The summed E-state index contributed by atoms with van der Waals surface area (Å²) in [5.74, 6) is 0.790. The second-order valence-corrected chi connectivity index (χ2v) is 7.82. The molecule has 0 aromatic heterocycles. The van der Waals surface area contributed by atoms with Gasteiger partial charge in [-0.2, -0.15) is 0 Å². The molecule has 5 atom stereocenters. The molecule has 1 aliphatic heterocycles. The van der Waals surface area contributed by atoms with Crippen molar-refractivity contribution in [3.63, 3.8) is 0 Å². The Hall–Kier alpha value is -2.20. The highest BCUT2D eigenvalue weighted by Crippen LogP contribution is 2.34. The van der Waals surface area contributed by atoms with Gasteiger partial charge in [0.1, 0.15) is 42.9 Å². The minimum absolute atomic E-state index is 0.0139. The van der Waals surface area contributed by atoms with Crippen LogP contribution in [0.1, 0.15) is 29.7 Å². The van der Waals surface area contributed by atoms with E-state index in [0.717, 1.165) is 16.9 Å². The quantitative estimate of drug-likeness (QED) is 0.253. The Labute approximate surface area is 191 Å². The van der Waals surface area contributed by atoms with Crippen molar-refractivity contribution in [3.05, 3.63) is 64.2 Å². The maximum absolute atomic E-state index is 10.5. The first-order chi connectivity index (χ1) is 15.4. The monoisotopic (exact) mass is 465 g/mol. The van der Waals surface area contributed by atoms with Crippen LogP contribution in [0.2, 0.25) is 5.02 Å². The van der Waals surface area contributed by atoms with Crippen LogP contribution >= 0.6 is 11.6 Å². The van der Waals surface area contributed by atoms with Gasteiger partial charge in [0.05, 0.1) is 19.4 Å². The molecule has 0 amide bonds. The van der Waals surface area contributed by atoms with Crippen LogP contribution < -0.4 is 4.74 Å². The number of hydrogen-bond donors (Lipinski definition) is 4. The van der Waals surface area contributed by atoms with Gasteiger partial charge in [-0.3, -0.25) is 0 Å². The van der Waals surface area contributed by atoms with Crippen LogP contribution in [-0.2, 0) is 16.0 Å². The third kappa shape index (κ3) is 5.98. The van der Waals surface area contributed by atoms with E-state index in [1.54, 1.807) is 12.1 Å². The maximum atomic E-state index is 10.5. The summed E-state index contributed by atoms with van der Waals surface area (Å²) >= 11 is 6.41. The zero-order valence-electron chi connectivity index (χ0n) is 17.7. The first kappa shape index (κ1) is 24.4. The molecule has 0 bridgehead atoms. The van der Waals surface area contributed by atoms with Gasteiger partial charge < -0.3 is 34.7 Å². The number of ether oxygens (including phenoxy) is 2. The average Bonchev–Trinajstić information content (AvgIpc) is 2.79. The summed E-state index contributed by atoms with van der Waals surface area (Å²) in [6.07, 6.45) is -4.38. The van der Waals surface area contributed by atoms with Gasteiger partial charge >= 0.3 is 0 Å². The Morgan fingerprint density at radius 3 is 2.50 bits per heavy atom. The lowest BCUT2D eigenvalue weighted by molar-refractivity contribution is -0.205. The van der Waals surface area contributed by atoms with Gasteiger partial charge in [-0.15, -0.1) is 0 Å². The molecular weight excluding hydrogens is 438 g/mol. The van der Waals surface area contributed by atoms with E-state index in [9.17, 15) is 15.3 Å². The minimum Gasteiger partial charge on any atom is -0.494 e. The van der Waals surface area contributed by atoms with Crippen LogP contribution in [0.5, 0.6) is 5.75 Å². The van der Waals surface area contributed by atoms with Crippen molar-refractivity contribution < 1.29 is 34.7 Å². The van der Waals surface area contributed by atoms with Crippen LogP contribution in [0.4, 0.5) is 0 Å². The van der Waals surface area contributed by atoms with Crippen molar-refractivity contribution in [3.8, 4) is 5.75 Å². The fourth-order valence-corrected chi connectivity index (χ4v) is 3.68. The lowest BCUT2D eigenvalue weighted by Gasteiger charge is -2.39. The van der Waals surface area contributed by atoms with Crippen LogP contribution in [0.25, 0.3) is 0 Å². The number of aliphatic hydroxyl groups is 4. The summed E-state index contributed by atoms with van der Waals surface area (Å²) in [6.45, 7) is 2.30. The molecule has 32 heavy (non-hydrogen) atoms. The number of halogens is 1. The molecule has 1 aliphatic rings. The lowest BCUT2D eigenvalue weighted by atomic mass is 9.90. The predicted molar refractivity (Wildman–Crippen MR) is 119 cm³/mol. The molecule has 1 heterocycles. The van der Waals surface area contributed by atoms with E-state index in [1.165, 1.54) is 6.21 Å². The number of oxime groups is 1. The molecule has 9 heteroatoms. The molecule has 0 unspecified atom stereocenters. The SMILES string of the molecule is CCOc1ccc(Cc2cc([C@@H]3O[C@H](/C=N/OCCO)[C@@H](O)[C@H](O)[C@H]3O)ccc2Cl)cc1. The third-order valence-corrected chi connectivity index (χ3v) is 5.51. The standard InChI is InChI=1S/C23H28ClNO7/c1-2-30-17-6-3-14(4-7-17)11-16-12-15(5-8-18(16)24)23-22(29)21(28)20(27)19(32-23)13-25-31-10-9-26/h3-8,12-13,19-23,26-29H,2,9-11H2,1H3/b25-13+/t19-,20-,21+,22-,23+/m1/s1. The van der Waals surface area contributed by atoms with Crippen molar-refractivity contribution in [1.29, 1.82) is 0 Å². The topological polar surface area (TPSA) is 121 Å². The smallest absolute Gasteiger partial charge is 0.140 e. The molecule has 1 saturated heterocycles. The van der Waals surface area contributed by atoms with Gasteiger partial charge in [0.2, 0.25) is 0 Å². The van der Waals surface area contributed by atoms with Gasteiger partial charge in [0.25, 0.3) is 0 Å². The molecule has 8 nitrogen and oxygen atoms in total. The lowest BCUT2D eigenvalue weighted by Crippen LogP contribution is -2.54. The molecule has 2 aromatic rings. The summed E-state index contributed by atoms with van der Waals surface area (Å²) in [5.41, 5.74) is 2.45. The molecule has 1 fully saturated rings. The van der Waals surface area contributed by atoms with Gasteiger partial charge in [0.15, 0.2) is 0 Å². The highest BCUT2D eigenvalue weighted by atomic mass is 35.5. The van der Waals surface area contributed by atoms with E-state index >= 15 is 0 Å². The second-order valence-electron chi connectivity index (χ2n) is 7.41. The Kier molecular flexibility index (Phi) is 8.86. The van der Waals surface area contributed by atoms with E-state index in [1.807, 2.05) is 37.3 Å². The molecule has 174 valence electrons. The summed E-state index contributed by atoms with van der Waals surface area (Å²) in [5, 5.41) is 44.0. The van der Waals surface area contributed by atoms with Crippen molar-refractivity contribution in [2.75, 3.05) is 19.8 Å². The molecule has 0 aliphatic carbocycles. The largest absolute Gasteiger partial charge is 0.494 e. The predicted octanol–water partition coefficient (Wildman–Crippen LogP) is 1.85. The van der Waals surface area contributed by atoms with E-state index in [-0.39, 0.29) is 13.2 Å². The van der Waals surface area contributed by atoms with Crippen LogP contribution in [0, 0.1) is 0 Å². The average molecular weight is 466 g/mol. The Balaban J connectivity index is 1.79. The number of hydrogen-bond acceptors (Lipinski definition) is 8. The van der Waals surface area contributed by atoms with Crippen molar-refractivity contribution in [2.45, 2.75) is 43.9 Å². The second kappa shape index (κ2) is 11.6. The zero-order valence-corrected chi connectivity index (χ0v) is 18.4. The normalized spacial score (nSPS) is 25.8. The Bertz CT molecular complexity index is 892. The molecule has 0 saturated carbocycles. The number of aliphatic hydroxyl groups excluding tert-OH is 4. The highest BCUT2D eigenvalue weighted by molar-refractivity contribution is 6.31.